The molecule has 1 aromatic heterocycles. The Morgan fingerprint density at radius 2 is 1.85 bits per heavy atom. The number of benzene rings is 1. The molecular formula is C18H20FN5O2. The van der Waals surface area contributed by atoms with Gasteiger partial charge in [-0.15, -0.1) is 0 Å². The topological polar surface area (TPSA) is 78.4 Å². The highest BCUT2D eigenvalue weighted by atomic mass is 19.1. The van der Waals surface area contributed by atoms with Crippen LogP contribution in [-0.4, -0.2) is 52.9 Å². The van der Waals surface area contributed by atoms with Crippen LogP contribution < -0.4 is 10.2 Å². The van der Waals surface area contributed by atoms with E-state index < -0.39 is 5.91 Å². The first-order valence-corrected chi connectivity index (χ1v) is 8.38. The molecule has 2 heterocycles. The van der Waals surface area contributed by atoms with Crippen molar-refractivity contribution in [2.75, 3.05) is 31.1 Å². The molecule has 8 heteroatoms. The van der Waals surface area contributed by atoms with Crippen molar-refractivity contribution in [3.8, 4) is 0 Å². The van der Waals surface area contributed by atoms with Gasteiger partial charge < -0.3 is 15.1 Å². The van der Waals surface area contributed by atoms with Crippen LogP contribution >= 0.6 is 0 Å². The lowest BCUT2D eigenvalue weighted by atomic mass is 10.2. The summed E-state index contributed by atoms with van der Waals surface area (Å²) in [7, 11) is 0. The van der Waals surface area contributed by atoms with E-state index in [2.05, 4.69) is 15.3 Å². The summed E-state index contributed by atoms with van der Waals surface area (Å²) in [6.45, 7) is 4.27. The van der Waals surface area contributed by atoms with Gasteiger partial charge in [0.05, 0.1) is 12.4 Å². The first kappa shape index (κ1) is 17.8. The van der Waals surface area contributed by atoms with E-state index in [1.807, 2.05) is 4.90 Å². The molecule has 0 aliphatic carbocycles. The molecule has 2 amide bonds. The molecule has 0 saturated carbocycles. The van der Waals surface area contributed by atoms with E-state index in [9.17, 15) is 14.0 Å². The van der Waals surface area contributed by atoms with Crippen LogP contribution in [0.25, 0.3) is 0 Å². The fraction of sp³-hybridized carbons (Fsp3) is 0.333. The van der Waals surface area contributed by atoms with Gasteiger partial charge in [-0.05, 0) is 6.07 Å². The van der Waals surface area contributed by atoms with Crippen LogP contribution in [0.4, 0.5) is 10.2 Å². The number of amides is 2. The van der Waals surface area contributed by atoms with Crippen molar-refractivity contribution in [3.05, 3.63) is 53.7 Å². The van der Waals surface area contributed by atoms with Gasteiger partial charge in [-0.1, -0.05) is 18.2 Å². The van der Waals surface area contributed by atoms with Gasteiger partial charge in [0, 0.05) is 45.2 Å². The molecule has 3 rings (SSSR count). The number of carbonyl (C=O) groups excluding carboxylic acids is 2. The van der Waals surface area contributed by atoms with Crippen LogP contribution in [0.2, 0.25) is 0 Å². The Morgan fingerprint density at radius 3 is 2.46 bits per heavy atom. The summed E-state index contributed by atoms with van der Waals surface area (Å²) in [6, 6.07) is 6.28. The highest BCUT2D eigenvalue weighted by Gasteiger charge is 2.20. The van der Waals surface area contributed by atoms with E-state index in [0.29, 0.717) is 37.6 Å². The molecular weight excluding hydrogens is 337 g/mol. The Kier molecular flexibility index (Phi) is 5.40. The number of nitrogens with zero attached hydrogens (tertiary/aromatic N) is 4. The van der Waals surface area contributed by atoms with Crippen LogP contribution in [0, 0.1) is 5.82 Å². The third kappa shape index (κ3) is 4.14. The van der Waals surface area contributed by atoms with Crippen LogP contribution in [0.5, 0.6) is 0 Å². The number of halogens is 1. The summed E-state index contributed by atoms with van der Waals surface area (Å²) in [5.74, 6) is -0.0379. The second-order valence-electron chi connectivity index (χ2n) is 6.03. The number of nitrogens with one attached hydrogen (secondary N) is 1. The molecule has 1 aromatic carbocycles. The van der Waals surface area contributed by atoms with Gasteiger partial charge in [0.2, 0.25) is 5.91 Å². The average Bonchev–Trinajstić information content (AvgIpc) is 2.67. The highest BCUT2D eigenvalue weighted by molar-refractivity contribution is 5.92. The van der Waals surface area contributed by atoms with E-state index in [0.717, 1.165) is 0 Å². The minimum atomic E-state index is -0.409. The molecule has 1 aliphatic rings. The summed E-state index contributed by atoms with van der Waals surface area (Å²) >= 11 is 0. The summed E-state index contributed by atoms with van der Waals surface area (Å²) in [4.78, 5) is 35.7. The van der Waals surface area contributed by atoms with E-state index in [4.69, 9.17) is 0 Å². The summed E-state index contributed by atoms with van der Waals surface area (Å²) in [5, 5.41) is 2.63. The fourth-order valence-corrected chi connectivity index (χ4v) is 2.76. The molecule has 0 unspecified atom stereocenters. The minimum absolute atomic E-state index is 0.0672. The molecule has 2 aromatic rings. The smallest absolute Gasteiger partial charge is 0.271 e. The summed E-state index contributed by atoms with van der Waals surface area (Å²) in [6.07, 6.45) is 2.95. The van der Waals surface area contributed by atoms with Crippen molar-refractivity contribution < 1.29 is 14.0 Å². The highest BCUT2D eigenvalue weighted by Crippen LogP contribution is 2.13. The number of carbonyl (C=O) groups is 2. The lowest BCUT2D eigenvalue weighted by Gasteiger charge is -2.34. The zero-order valence-electron chi connectivity index (χ0n) is 14.5. The monoisotopic (exact) mass is 357 g/mol. The van der Waals surface area contributed by atoms with Gasteiger partial charge in [0.1, 0.15) is 17.3 Å². The van der Waals surface area contributed by atoms with Crippen molar-refractivity contribution in [2.24, 2.45) is 0 Å². The lowest BCUT2D eigenvalue weighted by molar-refractivity contribution is -0.129. The lowest BCUT2D eigenvalue weighted by Crippen LogP contribution is -2.48. The molecule has 0 spiro atoms. The average molecular weight is 357 g/mol. The first-order valence-electron chi connectivity index (χ1n) is 8.38. The SMILES string of the molecule is CC(=O)N1CCN(c2cnc(C(=O)NCc3ccccc3F)cn2)CC1. The maximum Gasteiger partial charge on any atom is 0.271 e. The minimum Gasteiger partial charge on any atom is -0.352 e. The second-order valence-corrected chi connectivity index (χ2v) is 6.03. The van der Waals surface area contributed by atoms with Gasteiger partial charge in [0.15, 0.2) is 0 Å². The van der Waals surface area contributed by atoms with E-state index in [1.165, 1.54) is 12.3 Å². The largest absolute Gasteiger partial charge is 0.352 e. The van der Waals surface area contributed by atoms with Crippen LogP contribution in [0.15, 0.2) is 36.7 Å². The Morgan fingerprint density at radius 1 is 1.12 bits per heavy atom. The number of anilines is 1. The van der Waals surface area contributed by atoms with Gasteiger partial charge >= 0.3 is 0 Å². The van der Waals surface area contributed by atoms with Gasteiger partial charge in [-0.3, -0.25) is 9.59 Å². The predicted octanol–water partition coefficient (Wildman–Crippen LogP) is 1.21. The van der Waals surface area contributed by atoms with E-state index in [1.54, 1.807) is 36.2 Å². The molecule has 1 fully saturated rings. The molecule has 1 aliphatic heterocycles. The van der Waals surface area contributed by atoms with Crippen molar-refractivity contribution in [3.63, 3.8) is 0 Å². The Balaban J connectivity index is 1.56. The second kappa shape index (κ2) is 7.90. The number of hydrogen-bond donors (Lipinski definition) is 1. The molecule has 0 radical (unpaired) electrons. The van der Waals surface area contributed by atoms with E-state index in [-0.39, 0.29) is 24.0 Å². The third-order valence-electron chi connectivity index (χ3n) is 4.32. The van der Waals surface area contributed by atoms with Crippen LogP contribution in [0.1, 0.15) is 23.0 Å². The molecule has 1 N–H and O–H groups in total. The zero-order valence-corrected chi connectivity index (χ0v) is 14.5. The third-order valence-corrected chi connectivity index (χ3v) is 4.32. The molecule has 7 nitrogen and oxygen atoms in total. The summed E-state index contributed by atoms with van der Waals surface area (Å²) in [5.41, 5.74) is 0.584. The van der Waals surface area contributed by atoms with Gasteiger partial charge in [-0.25, -0.2) is 14.4 Å². The standard InChI is InChI=1S/C18H20FN5O2/c1-13(25)23-6-8-24(9-7-23)17-12-20-16(11-21-17)18(26)22-10-14-4-2-3-5-15(14)19/h2-5,11-12H,6-10H2,1H3,(H,22,26). The Bertz CT molecular complexity index is 788. The molecule has 1 saturated heterocycles. The maximum absolute atomic E-state index is 13.6. The number of aromatic nitrogens is 2. The van der Waals surface area contributed by atoms with Crippen molar-refractivity contribution in [1.29, 1.82) is 0 Å². The van der Waals surface area contributed by atoms with E-state index >= 15 is 0 Å². The van der Waals surface area contributed by atoms with Crippen LogP contribution in [-0.2, 0) is 11.3 Å². The quantitative estimate of drug-likeness (QED) is 0.890. The summed E-state index contributed by atoms with van der Waals surface area (Å²) < 4.78 is 13.6. The zero-order chi connectivity index (χ0) is 18.5. The Labute approximate surface area is 150 Å². The molecule has 136 valence electrons. The van der Waals surface area contributed by atoms with Gasteiger partial charge in [-0.2, -0.15) is 0 Å². The number of hydrogen-bond acceptors (Lipinski definition) is 5. The molecule has 0 bridgehead atoms. The van der Waals surface area contributed by atoms with Crippen LogP contribution in [0.3, 0.4) is 0 Å². The first-order chi connectivity index (χ1) is 12.5. The molecule has 26 heavy (non-hydrogen) atoms. The number of piperazine rings is 1. The molecule has 0 atom stereocenters. The predicted molar refractivity (Wildman–Crippen MR) is 94.1 cm³/mol. The van der Waals surface area contributed by atoms with Crippen molar-refractivity contribution in [1.82, 2.24) is 20.2 Å². The van der Waals surface area contributed by atoms with Gasteiger partial charge in [0.25, 0.3) is 5.91 Å². The van der Waals surface area contributed by atoms with Crippen molar-refractivity contribution >= 4 is 17.6 Å². The maximum atomic E-state index is 13.6. The normalized spacial score (nSPS) is 14.2. The number of rotatable bonds is 4. The van der Waals surface area contributed by atoms with Crippen molar-refractivity contribution in [2.45, 2.75) is 13.5 Å². The fourth-order valence-electron chi connectivity index (χ4n) is 2.76. The Hall–Kier alpha value is -3.03.